The minimum atomic E-state index is -0.0879. The van der Waals surface area contributed by atoms with Gasteiger partial charge in [-0.2, -0.15) is 0 Å². The van der Waals surface area contributed by atoms with Crippen LogP contribution >= 0.6 is 0 Å². The summed E-state index contributed by atoms with van der Waals surface area (Å²) in [5.41, 5.74) is 12.3. The molecule has 0 saturated carbocycles. The summed E-state index contributed by atoms with van der Waals surface area (Å²) in [4.78, 5) is 15.4. The first kappa shape index (κ1) is 23.4. The fourth-order valence-electron chi connectivity index (χ4n) is 6.93. The van der Waals surface area contributed by atoms with Crippen LogP contribution in [0.4, 0.5) is 0 Å². The van der Waals surface area contributed by atoms with Crippen molar-refractivity contribution in [2.24, 2.45) is 0 Å². The highest BCUT2D eigenvalue weighted by Gasteiger charge is 2.35. The second kappa shape index (κ2) is 8.34. The van der Waals surface area contributed by atoms with E-state index < -0.39 is 0 Å². The molecule has 42 heavy (non-hydrogen) atoms. The van der Waals surface area contributed by atoms with Gasteiger partial charge < -0.3 is 0 Å². The molecule has 0 N–H and O–H groups in total. The molecule has 3 heterocycles. The topological polar surface area (TPSA) is 43.6 Å². The van der Waals surface area contributed by atoms with Gasteiger partial charge in [0.1, 0.15) is 0 Å². The van der Waals surface area contributed by atoms with Crippen molar-refractivity contribution >= 4 is 32.7 Å². The molecule has 3 aliphatic rings. The van der Waals surface area contributed by atoms with Crippen molar-refractivity contribution in [2.75, 3.05) is 0 Å². The Balaban J connectivity index is 1.32. The van der Waals surface area contributed by atoms with E-state index in [-0.39, 0.29) is 5.41 Å². The lowest BCUT2D eigenvalue weighted by atomic mass is 9.82. The van der Waals surface area contributed by atoms with E-state index in [0.717, 1.165) is 55.2 Å². The van der Waals surface area contributed by atoms with Crippen molar-refractivity contribution in [1.82, 2.24) is 19.5 Å². The van der Waals surface area contributed by atoms with Crippen molar-refractivity contribution in [2.45, 2.75) is 19.3 Å². The maximum Gasteiger partial charge on any atom is 0.235 e. The van der Waals surface area contributed by atoms with Crippen LogP contribution in [0, 0.1) is 0 Å². The lowest BCUT2D eigenvalue weighted by Gasteiger charge is -2.22. The van der Waals surface area contributed by atoms with Crippen molar-refractivity contribution in [3.63, 3.8) is 0 Å². The summed E-state index contributed by atoms with van der Waals surface area (Å²) in [5.74, 6) is 0.648. The van der Waals surface area contributed by atoms with Crippen LogP contribution in [-0.2, 0) is 5.41 Å². The molecule has 4 heteroatoms. The van der Waals surface area contributed by atoms with Gasteiger partial charge in [-0.3, -0.25) is 4.57 Å². The third-order valence-electron chi connectivity index (χ3n) is 9.02. The molecule has 2 aliphatic heterocycles. The van der Waals surface area contributed by atoms with Crippen LogP contribution in [0.25, 0.3) is 72.3 Å². The van der Waals surface area contributed by atoms with Gasteiger partial charge in [0.2, 0.25) is 5.95 Å². The maximum atomic E-state index is 5.32. The second-order valence-electron chi connectivity index (χ2n) is 11.7. The molecular formula is C38H26N4. The summed E-state index contributed by atoms with van der Waals surface area (Å²) in [6.45, 7) is 4.64. The van der Waals surface area contributed by atoms with E-state index in [2.05, 4.69) is 128 Å². The Kier molecular flexibility index (Phi) is 4.64. The standard InChI is InChI=1S/C38H26N4/c1-38(2)30-15-7-3-11-24(30)25-20-19-23(21-31(25)38)35-27-13-5-9-17-33(27)40-37(41-35)42-22-29-26-12-4-8-16-32(26)39-36(29)28-14-6-10-18-34(28)42/h3-22H,1-2H3. The van der Waals surface area contributed by atoms with Crippen LogP contribution in [0.5, 0.6) is 0 Å². The predicted octanol–water partition coefficient (Wildman–Crippen LogP) is 9.20. The van der Waals surface area contributed by atoms with Crippen molar-refractivity contribution in [3.05, 3.63) is 133 Å². The van der Waals surface area contributed by atoms with Crippen LogP contribution in [0.15, 0.2) is 121 Å². The van der Waals surface area contributed by atoms with E-state index in [1.54, 1.807) is 0 Å². The highest BCUT2D eigenvalue weighted by atomic mass is 15.1. The first-order chi connectivity index (χ1) is 20.6. The van der Waals surface area contributed by atoms with E-state index in [1.165, 1.54) is 22.3 Å². The number of rotatable bonds is 2. The van der Waals surface area contributed by atoms with Gasteiger partial charge in [-0.05, 0) is 46.5 Å². The van der Waals surface area contributed by atoms with E-state index in [0.29, 0.717) is 5.95 Å². The number of fused-ring (bicyclic) bond motifs is 9. The van der Waals surface area contributed by atoms with Crippen LogP contribution in [0.3, 0.4) is 0 Å². The van der Waals surface area contributed by atoms with E-state index in [9.17, 15) is 0 Å². The Morgan fingerprint density at radius 1 is 0.524 bits per heavy atom. The number of aromatic nitrogens is 4. The second-order valence-corrected chi connectivity index (χ2v) is 11.7. The molecule has 0 saturated heterocycles. The zero-order valence-corrected chi connectivity index (χ0v) is 23.3. The third-order valence-corrected chi connectivity index (χ3v) is 9.02. The Bertz CT molecular complexity index is 2340. The fraction of sp³-hybridized carbons (Fsp3) is 0.0789. The molecule has 0 radical (unpaired) electrons. The zero-order chi connectivity index (χ0) is 28.0. The fourth-order valence-corrected chi connectivity index (χ4v) is 6.93. The average molecular weight is 539 g/mol. The van der Waals surface area contributed by atoms with Gasteiger partial charge in [-0.15, -0.1) is 0 Å². The summed E-state index contributed by atoms with van der Waals surface area (Å²) in [6.07, 6.45) is 2.16. The van der Waals surface area contributed by atoms with Gasteiger partial charge in [0, 0.05) is 38.9 Å². The molecule has 0 atom stereocenters. The van der Waals surface area contributed by atoms with Gasteiger partial charge in [0.05, 0.1) is 27.9 Å². The lowest BCUT2D eigenvalue weighted by Crippen LogP contribution is -2.15. The molecule has 5 aromatic carbocycles. The molecule has 4 nitrogen and oxygen atoms in total. The quantitative estimate of drug-likeness (QED) is 0.220. The summed E-state index contributed by atoms with van der Waals surface area (Å²) >= 11 is 0. The smallest absolute Gasteiger partial charge is 0.235 e. The first-order valence-electron chi connectivity index (χ1n) is 14.4. The Morgan fingerprint density at radius 3 is 2.05 bits per heavy atom. The lowest BCUT2D eigenvalue weighted by molar-refractivity contribution is 0.660. The molecule has 0 unspecified atom stereocenters. The van der Waals surface area contributed by atoms with Crippen LogP contribution in [0.2, 0.25) is 0 Å². The number of nitrogens with zero attached hydrogens (tertiary/aromatic N) is 4. The molecule has 198 valence electrons. The third kappa shape index (κ3) is 3.15. The molecule has 0 fully saturated rings. The number of para-hydroxylation sites is 3. The number of hydrogen-bond donors (Lipinski definition) is 0. The molecule has 1 aromatic heterocycles. The van der Waals surface area contributed by atoms with Crippen LogP contribution < -0.4 is 0 Å². The summed E-state index contributed by atoms with van der Waals surface area (Å²) in [7, 11) is 0. The van der Waals surface area contributed by atoms with Gasteiger partial charge in [-0.25, -0.2) is 15.0 Å². The van der Waals surface area contributed by atoms with Gasteiger partial charge in [0.25, 0.3) is 0 Å². The maximum absolute atomic E-state index is 5.32. The van der Waals surface area contributed by atoms with Crippen molar-refractivity contribution in [1.29, 1.82) is 0 Å². The van der Waals surface area contributed by atoms with Crippen molar-refractivity contribution < 1.29 is 0 Å². The molecule has 6 aromatic rings. The SMILES string of the molecule is CC1(C)c2ccccc2-c2ccc(-c3nc(-n4cc5c6ccccc6nc-5c5ccccc54)nc4ccccc34)cc21. The zero-order valence-electron chi connectivity index (χ0n) is 23.3. The highest BCUT2D eigenvalue weighted by Crippen LogP contribution is 2.49. The summed E-state index contributed by atoms with van der Waals surface area (Å²) in [6, 6.07) is 40.7. The molecule has 0 amide bonds. The van der Waals surface area contributed by atoms with Gasteiger partial charge in [-0.1, -0.05) is 105 Å². The largest absolute Gasteiger partial charge is 0.285 e. The van der Waals surface area contributed by atoms with Gasteiger partial charge >= 0.3 is 0 Å². The van der Waals surface area contributed by atoms with Gasteiger partial charge in [0.15, 0.2) is 0 Å². The Labute approximate surface area is 243 Å². The highest BCUT2D eigenvalue weighted by molar-refractivity contribution is 6.06. The predicted molar refractivity (Wildman–Crippen MR) is 171 cm³/mol. The monoisotopic (exact) mass is 538 g/mol. The number of pyridine rings is 1. The van der Waals surface area contributed by atoms with E-state index in [4.69, 9.17) is 15.0 Å². The Morgan fingerprint density at radius 2 is 1.19 bits per heavy atom. The van der Waals surface area contributed by atoms with E-state index >= 15 is 0 Å². The molecule has 1 aliphatic carbocycles. The molecule has 9 rings (SSSR count). The molecule has 0 bridgehead atoms. The number of hydrogen-bond acceptors (Lipinski definition) is 3. The normalized spacial score (nSPS) is 13.7. The average Bonchev–Trinajstić information content (AvgIpc) is 3.52. The molecule has 0 spiro atoms. The first-order valence-corrected chi connectivity index (χ1v) is 14.4. The van der Waals surface area contributed by atoms with Crippen molar-refractivity contribution in [3.8, 4) is 39.6 Å². The van der Waals surface area contributed by atoms with Crippen LogP contribution in [0.1, 0.15) is 25.0 Å². The Hall–Kier alpha value is -5.35. The minimum absolute atomic E-state index is 0.0879. The molecular weight excluding hydrogens is 512 g/mol. The minimum Gasteiger partial charge on any atom is -0.285 e. The van der Waals surface area contributed by atoms with E-state index in [1.807, 2.05) is 12.1 Å². The van der Waals surface area contributed by atoms with Crippen LogP contribution in [-0.4, -0.2) is 19.5 Å². The number of benzene rings is 5. The summed E-state index contributed by atoms with van der Waals surface area (Å²) in [5, 5.41) is 3.26. The summed E-state index contributed by atoms with van der Waals surface area (Å²) < 4.78 is 2.13.